The Balaban J connectivity index is 1.13. The molecule has 53 heavy (non-hydrogen) atoms. The maximum Gasteiger partial charge on any atom is 0.266 e. The van der Waals surface area contributed by atoms with E-state index >= 15 is 0 Å². The lowest BCUT2D eigenvalue weighted by Crippen LogP contribution is -2.49. The number of ether oxygens (including phenoxy) is 2. The molecule has 2 bridgehead atoms. The Hall–Kier alpha value is -4.57. The van der Waals surface area contributed by atoms with Gasteiger partial charge in [0, 0.05) is 23.8 Å². The first kappa shape index (κ1) is 35.5. The fourth-order valence-electron chi connectivity index (χ4n) is 8.24. The summed E-state index contributed by atoms with van der Waals surface area (Å²) in [7, 11) is -1.54. The number of nitrogens with zero attached hydrogens (tertiary/aromatic N) is 3. The molecular weight excluding hydrogens is 683 g/mol. The molecule has 1 N–H and O–H groups in total. The van der Waals surface area contributed by atoms with E-state index in [-0.39, 0.29) is 36.6 Å². The summed E-state index contributed by atoms with van der Waals surface area (Å²) in [5, 5.41) is 21.6. The lowest BCUT2D eigenvalue weighted by atomic mass is 9.88. The Bertz CT molecular complexity index is 2330. The van der Waals surface area contributed by atoms with Crippen LogP contribution in [0.15, 0.2) is 90.9 Å². The van der Waals surface area contributed by atoms with Crippen LogP contribution in [-0.2, 0) is 23.3 Å². The van der Waals surface area contributed by atoms with Crippen LogP contribution in [0.1, 0.15) is 53.0 Å². The van der Waals surface area contributed by atoms with Gasteiger partial charge in [0.2, 0.25) is 0 Å². The van der Waals surface area contributed by atoms with Gasteiger partial charge in [-0.1, -0.05) is 86.0 Å². The van der Waals surface area contributed by atoms with Gasteiger partial charge in [0.15, 0.2) is 6.23 Å². The molecule has 2 saturated heterocycles. The summed E-state index contributed by atoms with van der Waals surface area (Å²) in [6, 6.07) is 25.9. The van der Waals surface area contributed by atoms with Gasteiger partial charge in [-0.2, -0.15) is 5.26 Å². The number of benzene rings is 5. The minimum absolute atomic E-state index is 0.145. The lowest BCUT2D eigenvalue weighted by Gasteiger charge is -2.38. The third-order valence-electron chi connectivity index (χ3n) is 10.7. The summed E-state index contributed by atoms with van der Waals surface area (Å²) in [6.07, 6.45) is 1.06. The number of carbonyl (C=O) groups is 1. The van der Waals surface area contributed by atoms with Crippen molar-refractivity contribution in [1.29, 1.82) is 5.26 Å². The SMILES string of the molecule is C=C1NC(=O)C(C#Cc2ccc3c4cccc5cccc(c6cccc2c63)c54)=CN1[C@@H]1O[C@]2(CC)CO[C@@H]1C2OP(OCCC#N)N(C(C)C)C(C)C. The van der Waals surface area contributed by atoms with E-state index in [1.165, 1.54) is 32.3 Å². The van der Waals surface area contributed by atoms with Crippen LogP contribution in [0.4, 0.5) is 0 Å². The summed E-state index contributed by atoms with van der Waals surface area (Å²) in [4.78, 5) is 15.2. The number of rotatable bonds is 10. The third kappa shape index (κ3) is 5.93. The van der Waals surface area contributed by atoms with Gasteiger partial charge in [-0.25, -0.2) is 4.67 Å². The molecule has 2 unspecified atom stereocenters. The van der Waals surface area contributed by atoms with Crippen LogP contribution in [0.2, 0.25) is 0 Å². The molecule has 3 aliphatic heterocycles. The van der Waals surface area contributed by atoms with E-state index in [0.717, 1.165) is 16.3 Å². The monoisotopic (exact) mass is 726 g/mol. The van der Waals surface area contributed by atoms with Gasteiger partial charge in [0.1, 0.15) is 29.2 Å². The van der Waals surface area contributed by atoms with Crippen molar-refractivity contribution in [2.24, 2.45) is 0 Å². The standard InChI is InChI=1S/C43H43N4O5P/c1-7-43-25-49-39(40(43)52-53(50-23-11-22-44)47(26(2)3)27(4)5)42(51-43)46-24-31(41(48)45-28(46)6)19-18-29-20-21-36-34-16-9-13-30-12-8-15-33(37(30)34)35-17-10-14-32(29)38(35)36/h8-10,12-17,20-21,24,26-27,39-40,42H,6-7,11,23,25H2,1-5H3,(H,45,48)/t39-,40?,42-,43-,53?/m1/s1. The fourth-order valence-corrected chi connectivity index (χ4v) is 10.1. The van der Waals surface area contributed by atoms with Crippen molar-refractivity contribution in [3.8, 4) is 17.9 Å². The largest absolute Gasteiger partial charge is 0.368 e. The Kier molecular flexibility index (Phi) is 9.37. The van der Waals surface area contributed by atoms with Crippen LogP contribution in [0.3, 0.4) is 0 Å². The molecule has 8 rings (SSSR count). The molecule has 0 spiro atoms. The van der Waals surface area contributed by atoms with Crippen molar-refractivity contribution in [2.75, 3.05) is 13.2 Å². The van der Waals surface area contributed by atoms with E-state index in [9.17, 15) is 10.1 Å². The normalized spacial score (nSPS) is 23.4. The molecular formula is C43H43N4O5P. The minimum Gasteiger partial charge on any atom is -0.368 e. The molecule has 5 aromatic rings. The van der Waals surface area contributed by atoms with Gasteiger partial charge in [-0.3, -0.25) is 4.79 Å². The molecule has 10 heteroatoms. The molecule has 1 amide bonds. The topological polar surface area (TPSA) is 96.3 Å². The zero-order valence-corrected chi connectivity index (χ0v) is 31.6. The summed E-state index contributed by atoms with van der Waals surface area (Å²) in [5.41, 5.74) is 0.390. The summed E-state index contributed by atoms with van der Waals surface area (Å²) in [5.74, 6) is 6.57. The predicted molar refractivity (Wildman–Crippen MR) is 209 cm³/mol. The highest BCUT2D eigenvalue weighted by molar-refractivity contribution is 7.44. The number of nitrogens with one attached hydrogen (secondary N) is 1. The number of amides is 1. The zero-order chi connectivity index (χ0) is 37.0. The van der Waals surface area contributed by atoms with Gasteiger partial charge in [-0.15, -0.1) is 0 Å². The molecule has 2 fully saturated rings. The van der Waals surface area contributed by atoms with Gasteiger partial charge in [-0.05, 0) is 83.3 Å². The number of hydrogen-bond donors (Lipinski definition) is 1. The quantitative estimate of drug-likeness (QED) is 0.0504. The highest BCUT2D eigenvalue weighted by Crippen LogP contribution is 2.55. The minimum atomic E-state index is -1.54. The number of carbonyl (C=O) groups excluding carboxylic acids is 1. The van der Waals surface area contributed by atoms with E-state index in [1.54, 1.807) is 11.1 Å². The summed E-state index contributed by atoms with van der Waals surface area (Å²) < 4.78 is 28.5. The average Bonchev–Trinajstić information content (AvgIpc) is 3.65. The average molecular weight is 727 g/mol. The van der Waals surface area contributed by atoms with Crippen LogP contribution in [-0.4, -0.2) is 64.8 Å². The van der Waals surface area contributed by atoms with Crippen molar-refractivity contribution >= 4 is 57.5 Å². The first-order chi connectivity index (χ1) is 25.7. The van der Waals surface area contributed by atoms with Crippen molar-refractivity contribution in [3.63, 3.8) is 0 Å². The van der Waals surface area contributed by atoms with Gasteiger partial charge < -0.3 is 28.7 Å². The maximum absolute atomic E-state index is 13.4. The van der Waals surface area contributed by atoms with Crippen LogP contribution < -0.4 is 5.32 Å². The van der Waals surface area contributed by atoms with Crippen LogP contribution in [0, 0.1) is 23.2 Å². The van der Waals surface area contributed by atoms with Crippen LogP contribution >= 0.6 is 8.53 Å². The molecule has 5 atom stereocenters. The highest BCUT2D eigenvalue weighted by atomic mass is 31.2. The number of nitriles is 1. The Morgan fingerprint density at radius 1 is 0.981 bits per heavy atom. The lowest BCUT2D eigenvalue weighted by molar-refractivity contribution is -0.182. The van der Waals surface area contributed by atoms with Gasteiger partial charge in [0.05, 0.1) is 25.7 Å². The Labute approximate surface area is 311 Å². The molecule has 0 aliphatic carbocycles. The van der Waals surface area contributed by atoms with Crippen molar-refractivity contribution in [2.45, 2.75) is 83.6 Å². The maximum atomic E-state index is 13.4. The third-order valence-corrected chi connectivity index (χ3v) is 12.8. The number of fused-ring (bicyclic) bond motifs is 4. The Morgan fingerprint density at radius 2 is 1.64 bits per heavy atom. The molecule has 0 saturated carbocycles. The second-order valence-electron chi connectivity index (χ2n) is 14.5. The van der Waals surface area contributed by atoms with Crippen LogP contribution in [0.5, 0.6) is 0 Å². The molecule has 3 heterocycles. The Morgan fingerprint density at radius 3 is 2.32 bits per heavy atom. The van der Waals surface area contributed by atoms with E-state index < -0.39 is 32.6 Å². The highest BCUT2D eigenvalue weighted by Gasteiger charge is 2.64. The van der Waals surface area contributed by atoms with Crippen molar-refractivity contribution < 1.29 is 23.3 Å². The predicted octanol–water partition coefficient (Wildman–Crippen LogP) is 8.44. The number of hydrogen-bond acceptors (Lipinski definition) is 8. The molecule has 3 aliphatic rings. The fraction of sp³-hybridized carbons (Fsp3) is 0.349. The van der Waals surface area contributed by atoms with Gasteiger partial charge in [0.25, 0.3) is 14.4 Å². The first-order valence-electron chi connectivity index (χ1n) is 18.3. The molecule has 0 radical (unpaired) electrons. The molecule has 270 valence electrons. The van der Waals surface area contributed by atoms with E-state index in [4.69, 9.17) is 18.5 Å². The molecule has 0 aromatic heterocycles. The summed E-state index contributed by atoms with van der Waals surface area (Å²) >= 11 is 0. The first-order valence-corrected chi connectivity index (χ1v) is 19.4. The van der Waals surface area contributed by atoms with E-state index in [2.05, 4.69) is 130 Å². The zero-order valence-electron chi connectivity index (χ0n) is 30.7. The second kappa shape index (κ2) is 14.0. The van der Waals surface area contributed by atoms with Crippen molar-refractivity contribution in [3.05, 3.63) is 96.5 Å². The van der Waals surface area contributed by atoms with Crippen LogP contribution in [0.25, 0.3) is 43.1 Å². The summed E-state index contributed by atoms with van der Waals surface area (Å²) in [6.45, 7) is 15.3. The van der Waals surface area contributed by atoms with Crippen molar-refractivity contribution in [1.82, 2.24) is 14.9 Å². The molecule has 5 aromatic carbocycles. The van der Waals surface area contributed by atoms with E-state index in [1.807, 2.05) is 6.07 Å². The molecule has 9 nitrogen and oxygen atoms in total. The van der Waals surface area contributed by atoms with E-state index in [0.29, 0.717) is 18.8 Å². The second-order valence-corrected chi connectivity index (χ2v) is 15.9. The smallest absolute Gasteiger partial charge is 0.266 e. The van der Waals surface area contributed by atoms with Gasteiger partial charge >= 0.3 is 0 Å².